The predicted octanol–water partition coefficient (Wildman–Crippen LogP) is 5.09. The summed E-state index contributed by atoms with van der Waals surface area (Å²) in [6.07, 6.45) is 0.894. The standard InChI is InChI=1S/C22H32F3NO5S2Si/c1-15-11-12-16(30-15)13-14-18(26-32(27)21(2,3)4)17-9-8-10-19(20(17)34(5,6)7)31-33(28,29)22(23,24)25/h8-12,18,26H,13-14H2,1-7H3/t18-,32+/m0/s1. The van der Waals surface area contributed by atoms with Crippen LogP contribution in [0.5, 0.6) is 5.75 Å². The zero-order chi connectivity index (χ0) is 26.1. The number of rotatable bonds is 9. The van der Waals surface area contributed by atoms with Gasteiger partial charge >= 0.3 is 15.6 Å². The highest BCUT2D eigenvalue weighted by Crippen LogP contribution is 2.31. The maximum atomic E-state index is 13.1. The van der Waals surface area contributed by atoms with Crippen LogP contribution >= 0.6 is 0 Å². The van der Waals surface area contributed by atoms with Crippen molar-refractivity contribution in [2.75, 3.05) is 0 Å². The highest BCUT2D eigenvalue weighted by molar-refractivity contribution is 7.88. The first-order valence-electron chi connectivity index (χ1n) is 10.7. The Bertz CT molecular complexity index is 1130. The Balaban J connectivity index is 2.59. The van der Waals surface area contributed by atoms with Gasteiger partial charge in [0, 0.05) is 12.5 Å². The molecule has 1 N–H and O–H groups in total. The second-order valence-electron chi connectivity index (χ2n) is 10.1. The van der Waals surface area contributed by atoms with Crippen LogP contribution in [-0.2, 0) is 27.5 Å². The molecule has 34 heavy (non-hydrogen) atoms. The van der Waals surface area contributed by atoms with Crippen molar-refractivity contribution in [1.82, 2.24) is 4.72 Å². The van der Waals surface area contributed by atoms with Crippen molar-refractivity contribution < 1.29 is 34.4 Å². The first-order valence-corrected chi connectivity index (χ1v) is 16.8. The predicted molar refractivity (Wildman–Crippen MR) is 131 cm³/mol. The number of furan rings is 1. The van der Waals surface area contributed by atoms with Crippen LogP contribution in [0.25, 0.3) is 0 Å². The van der Waals surface area contributed by atoms with Crippen LogP contribution in [-0.4, -0.2) is 31.0 Å². The second-order valence-corrected chi connectivity index (χ2v) is 18.6. The second kappa shape index (κ2) is 10.2. The number of alkyl halides is 3. The first-order chi connectivity index (χ1) is 15.3. The summed E-state index contributed by atoms with van der Waals surface area (Å²) in [5.74, 6) is 1.11. The van der Waals surface area contributed by atoms with Crippen LogP contribution in [0.15, 0.2) is 34.7 Å². The monoisotopic (exact) mass is 539 g/mol. The summed E-state index contributed by atoms with van der Waals surface area (Å²) in [4.78, 5) is 0. The number of hydrogen-bond donors (Lipinski definition) is 1. The number of halogens is 3. The van der Waals surface area contributed by atoms with Crippen LogP contribution in [0.4, 0.5) is 13.2 Å². The maximum absolute atomic E-state index is 13.1. The van der Waals surface area contributed by atoms with Gasteiger partial charge in [-0.1, -0.05) is 31.8 Å². The molecule has 0 saturated heterocycles. The molecule has 0 aliphatic rings. The lowest BCUT2D eigenvalue weighted by Gasteiger charge is -2.30. The van der Waals surface area contributed by atoms with E-state index in [0.29, 0.717) is 29.4 Å². The van der Waals surface area contributed by atoms with E-state index in [2.05, 4.69) is 8.91 Å². The Morgan fingerprint density at radius 3 is 2.21 bits per heavy atom. The molecule has 1 heterocycles. The van der Waals surface area contributed by atoms with Crippen LogP contribution in [0, 0.1) is 6.92 Å². The normalized spacial score (nSPS) is 15.2. The zero-order valence-electron chi connectivity index (χ0n) is 20.4. The molecule has 0 fully saturated rings. The minimum Gasteiger partial charge on any atom is -0.466 e. The summed E-state index contributed by atoms with van der Waals surface area (Å²) in [5, 5.41) is 0.418. The summed E-state index contributed by atoms with van der Waals surface area (Å²) in [6, 6.07) is 7.51. The Labute approximate surface area is 203 Å². The SMILES string of the molecule is Cc1ccc(CC[C@H](N[S@](=O)C(C)(C)C)c2cccc(OS(=O)(=O)C(F)(F)F)c2[Si](C)(C)C)o1. The lowest BCUT2D eigenvalue weighted by atomic mass is 10.0. The zero-order valence-corrected chi connectivity index (χ0v) is 23.0. The average Bonchev–Trinajstić information content (AvgIpc) is 3.07. The highest BCUT2D eigenvalue weighted by Gasteiger charge is 2.49. The molecule has 0 aliphatic heterocycles. The summed E-state index contributed by atoms with van der Waals surface area (Å²) in [5.41, 5.74) is -4.99. The van der Waals surface area contributed by atoms with E-state index in [-0.39, 0.29) is 5.75 Å². The van der Waals surface area contributed by atoms with E-state index in [4.69, 9.17) is 4.42 Å². The van der Waals surface area contributed by atoms with Gasteiger partial charge in [0.15, 0.2) is 0 Å². The third-order valence-electron chi connectivity index (χ3n) is 4.95. The molecule has 2 aromatic rings. The van der Waals surface area contributed by atoms with Crippen LogP contribution < -0.4 is 14.1 Å². The van der Waals surface area contributed by atoms with E-state index in [0.717, 1.165) is 5.76 Å². The Kier molecular flexibility index (Phi) is 8.54. The fraction of sp³-hybridized carbons (Fsp3) is 0.545. The van der Waals surface area contributed by atoms with Crippen molar-refractivity contribution in [3.63, 3.8) is 0 Å². The molecule has 1 aromatic heterocycles. The molecule has 0 radical (unpaired) electrons. The van der Waals surface area contributed by atoms with E-state index in [1.54, 1.807) is 26.8 Å². The van der Waals surface area contributed by atoms with Crippen molar-refractivity contribution >= 4 is 34.4 Å². The molecule has 0 unspecified atom stereocenters. The van der Waals surface area contributed by atoms with Crippen molar-refractivity contribution in [3.8, 4) is 5.75 Å². The minimum absolute atomic E-state index is 0.351. The molecule has 2 atom stereocenters. The highest BCUT2D eigenvalue weighted by atomic mass is 32.2. The molecule has 0 bridgehead atoms. The molecule has 12 heteroatoms. The topological polar surface area (TPSA) is 85.6 Å². The quantitative estimate of drug-likeness (QED) is 0.273. The van der Waals surface area contributed by atoms with E-state index >= 15 is 0 Å². The Morgan fingerprint density at radius 2 is 1.74 bits per heavy atom. The summed E-state index contributed by atoms with van der Waals surface area (Å²) >= 11 is 0. The number of hydrogen-bond acceptors (Lipinski definition) is 5. The van der Waals surface area contributed by atoms with Gasteiger partial charge in [-0.05, 0) is 63.1 Å². The van der Waals surface area contributed by atoms with Gasteiger partial charge in [0.05, 0.1) is 23.8 Å². The molecule has 0 amide bonds. The molecule has 2 rings (SSSR count). The fourth-order valence-electron chi connectivity index (χ4n) is 3.37. The fourth-order valence-corrected chi connectivity index (χ4v) is 6.76. The molecule has 0 aliphatic carbocycles. The number of benzene rings is 1. The van der Waals surface area contributed by atoms with Crippen molar-refractivity contribution in [2.24, 2.45) is 0 Å². The van der Waals surface area contributed by atoms with Crippen molar-refractivity contribution in [2.45, 2.75) is 76.5 Å². The lowest BCUT2D eigenvalue weighted by Crippen LogP contribution is -2.45. The average molecular weight is 540 g/mol. The van der Waals surface area contributed by atoms with Crippen molar-refractivity contribution in [1.29, 1.82) is 0 Å². The van der Waals surface area contributed by atoms with E-state index < -0.39 is 45.5 Å². The molecule has 192 valence electrons. The van der Waals surface area contributed by atoms with Gasteiger partial charge in [-0.15, -0.1) is 0 Å². The van der Waals surface area contributed by atoms with Gasteiger partial charge in [0.25, 0.3) is 0 Å². The van der Waals surface area contributed by atoms with Gasteiger partial charge in [-0.2, -0.15) is 21.6 Å². The van der Waals surface area contributed by atoms with Gasteiger partial charge in [-0.25, -0.2) is 8.93 Å². The van der Waals surface area contributed by atoms with Gasteiger partial charge in [0.1, 0.15) is 17.3 Å². The minimum atomic E-state index is -5.85. The van der Waals surface area contributed by atoms with Crippen LogP contribution in [0.3, 0.4) is 0 Å². The molecular formula is C22H32F3NO5S2Si. The van der Waals surface area contributed by atoms with Crippen LogP contribution in [0.1, 0.15) is 50.3 Å². The number of nitrogens with one attached hydrogen (secondary N) is 1. The van der Waals surface area contributed by atoms with Crippen LogP contribution in [0.2, 0.25) is 19.6 Å². The smallest absolute Gasteiger partial charge is 0.466 e. The van der Waals surface area contributed by atoms with E-state index in [1.807, 2.05) is 38.7 Å². The molecule has 0 saturated carbocycles. The molecule has 1 aromatic carbocycles. The first kappa shape index (κ1) is 28.6. The number of aryl methyl sites for hydroxylation is 2. The molecule has 6 nitrogen and oxygen atoms in total. The molecular weight excluding hydrogens is 507 g/mol. The van der Waals surface area contributed by atoms with Crippen molar-refractivity contribution in [3.05, 3.63) is 47.4 Å². The van der Waals surface area contributed by atoms with Gasteiger partial charge in [-0.3, -0.25) is 0 Å². The Morgan fingerprint density at radius 1 is 1.12 bits per heavy atom. The Hall–Kier alpha value is -1.63. The summed E-state index contributed by atoms with van der Waals surface area (Å²) < 4.78 is 88.5. The summed E-state index contributed by atoms with van der Waals surface area (Å²) in [6.45, 7) is 12.9. The summed E-state index contributed by atoms with van der Waals surface area (Å²) in [7, 11) is -9.81. The largest absolute Gasteiger partial charge is 0.534 e. The maximum Gasteiger partial charge on any atom is 0.534 e. The third kappa shape index (κ3) is 7.19. The van der Waals surface area contributed by atoms with Gasteiger partial charge < -0.3 is 8.60 Å². The van der Waals surface area contributed by atoms with E-state index in [1.165, 1.54) is 12.1 Å². The van der Waals surface area contributed by atoms with E-state index in [9.17, 15) is 25.8 Å². The third-order valence-corrected chi connectivity index (χ3v) is 9.56. The van der Waals surface area contributed by atoms with Gasteiger partial charge in [0.2, 0.25) is 0 Å². The lowest BCUT2D eigenvalue weighted by molar-refractivity contribution is -0.0499. The molecule has 0 spiro atoms.